The van der Waals surface area contributed by atoms with Crippen molar-refractivity contribution in [2.45, 2.75) is 52.2 Å². The molecule has 0 aliphatic carbocycles. The smallest absolute Gasteiger partial charge is 0.410 e. The lowest BCUT2D eigenvalue weighted by Crippen LogP contribution is -2.50. The van der Waals surface area contributed by atoms with E-state index in [-0.39, 0.29) is 12.1 Å². The zero-order valence-corrected chi connectivity index (χ0v) is 14.2. The maximum Gasteiger partial charge on any atom is 0.410 e. The zero-order valence-electron chi connectivity index (χ0n) is 14.2. The molecule has 1 amide bonds. The fourth-order valence-electron chi connectivity index (χ4n) is 2.58. The molecule has 1 aromatic heterocycles. The van der Waals surface area contributed by atoms with Gasteiger partial charge in [0, 0.05) is 26.3 Å². The summed E-state index contributed by atoms with van der Waals surface area (Å²) in [5.41, 5.74) is -0.469. The lowest BCUT2D eigenvalue weighted by molar-refractivity contribution is 0.0209. The van der Waals surface area contributed by atoms with Crippen LogP contribution in [0.15, 0.2) is 12.3 Å². The minimum Gasteiger partial charge on any atom is -0.444 e. The van der Waals surface area contributed by atoms with Crippen molar-refractivity contribution >= 4 is 11.9 Å². The van der Waals surface area contributed by atoms with Gasteiger partial charge in [-0.05, 0) is 46.6 Å². The number of piperidine rings is 1. The molecule has 0 aromatic carbocycles. The van der Waals surface area contributed by atoms with Gasteiger partial charge in [0.1, 0.15) is 17.2 Å². The van der Waals surface area contributed by atoms with Crippen LogP contribution in [0, 0.1) is 6.92 Å². The Bertz CT molecular complexity index is 527. The summed E-state index contributed by atoms with van der Waals surface area (Å²) in [4.78, 5) is 24.8. The van der Waals surface area contributed by atoms with Gasteiger partial charge in [-0.15, -0.1) is 0 Å². The van der Waals surface area contributed by atoms with Gasteiger partial charge in [-0.2, -0.15) is 0 Å². The Morgan fingerprint density at radius 2 is 2.18 bits per heavy atom. The number of rotatable bonds is 2. The van der Waals surface area contributed by atoms with E-state index in [2.05, 4.69) is 14.9 Å². The first kappa shape index (κ1) is 16.5. The van der Waals surface area contributed by atoms with E-state index < -0.39 is 5.60 Å². The number of nitrogens with zero attached hydrogens (tertiary/aromatic N) is 4. The summed E-state index contributed by atoms with van der Waals surface area (Å²) in [6.45, 7) is 9.26. The minimum absolute atomic E-state index is 0.138. The average Bonchev–Trinajstić information content (AvgIpc) is 2.45. The second-order valence-corrected chi connectivity index (χ2v) is 6.80. The van der Waals surface area contributed by atoms with Crippen molar-refractivity contribution in [1.82, 2.24) is 14.9 Å². The van der Waals surface area contributed by atoms with E-state index in [0.717, 1.165) is 37.6 Å². The Morgan fingerprint density at radius 3 is 2.82 bits per heavy atom. The highest BCUT2D eigenvalue weighted by atomic mass is 16.6. The van der Waals surface area contributed by atoms with Gasteiger partial charge in [0.2, 0.25) is 0 Å². The quantitative estimate of drug-likeness (QED) is 0.840. The lowest BCUT2D eigenvalue weighted by atomic mass is 10.0. The van der Waals surface area contributed by atoms with Crippen molar-refractivity contribution in [3.8, 4) is 0 Å². The fraction of sp³-hybridized carbons (Fsp3) is 0.688. The molecule has 122 valence electrons. The SMILES string of the molecule is Cc1nccc(N2CCCC(N(C)C(=O)OC(C)(C)C)C2)n1. The van der Waals surface area contributed by atoms with Crippen molar-refractivity contribution < 1.29 is 9.53 Å². The van der Waals surface area contributed by atoms with Gasteiger partial charge in [0.15, 0.2) is 0 Å². The van der Waals surface area contributed by atoms with E-state index in [1.54, 1.807) is 11.1 Å². The average molecular weight is 306 g/mol. The van der Waals surface area contributed by atoms with Gasteiger partial charge >= 0.3 is 6.09 Å². The van der Waals surface area contributed by atoms with Gasteiger partial charge in [-0.3, -0.25) is 0 Å². The third kappa shape index (κ3) is 4.32. The van der Waals surface area contributed by atoms with Crippen LogP contribution in [-0.2, 0) is 4.74 Å². The van der Waals surface area contributed by atoms with Crippen LogP contribution in [-0.4, -0.2) is 52.7 Å². The molecular formula is C16H26N4O2. The van der Waals surface area contributed by atoms with Crippen molar-refractivity contribution in [2.24, 2.45) is 0 Å². The Balaban J connectivity index is 2.02. The Hall–Kier alpha value is -1.85. The number of anilines is 1. The Morgan fingerprint density at radius 1 is 1.45 bits per heavy atom. The first-order valence-electron chi connectivity index (χ1n) is 7.76. The summed E-state index contributed by atoms with van der Waals surface area (Å²) in [6, 6.07) is 2.06. The van der Waals surface area contributed by atoms with Crippen LogP contribution in [0.4, 0.5) is 10.6 Å². The lowest BCUT2D eigenvalue weighted by Gasteiger charge is -2.38. The van der Waals surface area contributed by atoms with Gasteiger partial charge in [0.25, 0.3) is 0 Å². The molecule has 0 N–H and O–H groups in total. The van der Waals surface area contributed by atoms with Crippen LogP contribution < -0.4 is 4.90 Å². The number of aromatic nitrogens is 2. The van der Waals surface area contributed by atoms with E-state index in [1.807, 2.05) is 40.8 Å². The van der Waals surface area contributed by atoms with Gasteiger partial charge in [-0.1, -0.05) is 0 Å². The Kier molecular flexibility index (Phi) is 4.88. The minimum atomic E-state index is -0.469. The van der Waals surface area contributed by atoms with E-state index >= 15 is 0 Å². The predicted molar refractivity (Wildman–Crippen MR) is 86.0 cm³/mol. The zero-order chi connectivity index (χ0) is 16.3. The summed E-state index contributed by atoms with van der Waals surface area (Å²) in [6.07, 6.45) is 3.52. The van der Waals surface area contributed by atoms with Crippen molar-refractivity contribution in [2.75, 3.05) is 25.0 Å². The highest BCUT2D eigenvalue weighted by molar-refractivity contribution is 5.68. The van der Waals surface area contributed by atoms with E-state index in [4.69, 9.17) is 4.74 Å². The summed E-state index contributed by atoms with van der Waals surface area (Å²) < 4.78 is 5.46. The normalized spacial score (nSPS) is 19.0. The van der Waals surface area contributed by atoms with Gasteiger partial charge < -0.3 is 14.5 Å². The number of carbonyl (C=O) groups is 1. The third-order valence-electron chi connectivity index (χ3n) is 3.71. The molecule has 1 fully saturated rings. The summed E-state index contributed by atoms with van der Waals surface area (Å²) >= 11 is 0. The largest absolute Gasteiger partial charge is 0.444 e. The molecule has 2 heterocycles. The molecule has 0 spiro atoms. The van der Waals surface area contributed by atoms with Crippen molar-refractivity contribution in [3.05, 3.63) is 18.1 Å². The van der Waals surface area contributed by atoms with Gasteiger partial charge in [0.05, 0.1) is 6.04 Å². The molecular weight excluding hydrogens is 280 g/mol. The van der Waals surface area contributed by atoms with E-state index in [1.165, 1.54) is 0 Å². The third-order valence-corrected chi connectivity index (χ3v) is 3.71. The number of likely N-dealkylation sites (N-methyl/N-ethyl adjacent to an activating group) is 1. The maximum absolute atomic E-state index is 12.2. The van der Waals surface area contributed by atoms with Crippen LogP contribution in [0.25, 0.3) is 0 Å². The monoisotopic (exact) mass is 306 g/mol. The molecule has 2 rings (SSSR count). The van der Waals surface area contributed by atoms with E-state index in [0.29, 0.717) is 0 Å². The summed E-state index contributed by atoms with van der Waals surface area (Å²) in [5.74, 6) is 1.69. The molecule has 1 aromatic rings. The molecule has 1 aliphatic rings. The van der Waals surface area contributed by atoms with Crippen LogP contribution in [0.3, 0.4) is 0 Å². The molecule has 0 bridgehead atoms. The predicted octanol–water partition coefficient (Wildman–Crippen LogP) is 2.62. The van der Waals surface area contributed by atoms with Crippen molar-refractivity contribution in [1.29, 1.82) is 0 Å². The number of amides is 1. The second kappa shape index (κ2) is 6.50. The highest BCUT2D eigenvalue weighted by Crippen LogP contribution is 2.21. The number of carbonyl (C=O) groups excluding carboxylic acids is 1. The standard InChI is InChI=1S/C16H26N4O2/c1-12-17-9-8-14(18-12)20-10-6-7-13(11-20)19(5)15(21)22-16(2,3)4/h8-9,13H,6-7,10-11H2,1-5H3. The first-order valence-corrected chi connectivity index (χ1v) is 7.76. The maximum atomic E-state index is 12.2. The highest BCUT2D eigenvalue weighted by Gasteiger charge is 2.29. The van der Waals surface area contributed by atoms with Crippen molar-refractivity contribution in [3.63, 3.8) is 0 Å². The summed E-state index contributed by atoms with van der Waals surface area (Å²) in [7, 11) is 1.81. The van der Waals surface area contributed by atoms with Gasteiger partial charge in [-0.25, -0.2) is 14.8 Å². The first-order chi connectivity index (χ1) is 10.3. The number of ether oxygens (including phenoxy) is 1. The van der Waals surface area contributed by atoms with Crippen LogP contribution in [0.5, 0.6) is 0 Å². The Labute approximate surface area is 132 Å². The molecule has 1 saturated heterocycles. The van der Waals surface area contributed by atoms with Crippen LogP contribution >= 0.6 is 0 Å². The fourth-order valence-corrected chi connectivity index (χ4v) is 2.58. The molecule has 1 unspecified atom stereocenters. The molecule has 22 heavy (non-hydrogen) atoms. The number of hydrogen-bond acceptors (Lipinski definition) is 5. The molecule has 1 atom stereocenters. The number of aryl methyl sites for hydroxylation is 1. The van der Waals surface area contributed by atoms with Crippen LogP contribution in [0.2, 0.25) is 0 Å². The second-order valence-electron chi connectivity index (χ2n) is 6.80. The molecule has 6 nitrogen and oxygen atoms in total. The molecule has 0 saturated carbocycles. The number of hydrogen-bond donors (Lipinski definition) is 0. The molecule has 6 heteroatoms. The van der Waals surface area contributed by atoms with Crippen LogP contribution in [0.1, 0.15) is 39.4 Å². The molecule has 1 aliphatic heterocycles. The van der Waals surface area contributed by atoms with E-state index in [9.17, 15) is 4.79 Å². The molecule has 0 radical (unpaired) electrons. The topological polar surface area (TPSA) is 58.6 Å². The summed E-state index contributed by atoms with van der Waals surface area (Å²) in [5, 5.41) is 0.